The van der Waals surface area contributed by atoms with Crippen LogP contribution in [0.25, 0.3) is 11.4 Å². The first-order valence-electron chi connectivity index (χ1n) is 7.71. The molecule has 0 spiro atoms. The quantitative estimate of drug-likeness (QED) is 0.911. The van der Waals surface area contributed by atoms with Gasteiger partial charge in [-0.1, -0.05) is 0 Å². The Hall–Kier alpha value is -1.80. The van der Waals surface area contributed by atoms with Crippen LogP contribution in [0.2, 0.25) is 0 Å². The number of aromatic nitrogens is 4. The van der Waals surface area contributed by atoms with E-state index in [1.165, 1.54) is 6.26 Å². The van der Waals surface area contributed by atoms with Crippen molar-refractivity contribution in [3.63, 3.8) is 0 Å². The minimum atomic E-state index is -3.08. The molecule has 1 aliphatic heterocycles. The first kappa shape index (κ1) is 16.1. The minimum absolute atomic E-state index is 0.420. The molecule has 124 valence electrons. The van der Waals surface area contributed by atoms with Crippen molar-refractivity contribution in [1.29, 1.82) is 0 Å². The largest absolute Gasteiger partial charge is 0.282 e. The number of H-pyrrole nitrogens is 1. The smallest absolute Gasteiger partial charge is 0.211 e. The number of aryl methyl sites for hydroxylation is 1. The summed E-state index contributed by atoms with van der Waals surface area (Å²) in [6.45, 7) is 3.12. The number of piperidine rings is 1. The van der Waals surface area contributed by atoms with Gasteiger partial charge in [0, 0.05) is 31.2 Å². The number of nitrogens with one attached hydrogen (secondary N) is 1. The number of hydrogen-bond acceptors (Lipinski definition) is 5. The molecular formula is C15H21N5O2S. The van der Waals surface area contributed by atoms with Gasteiger partial charge < -0.3 is 0 Å². The average molecular weight is 335 g/mol. The highest BCUT2D eigenvalue weighted by atomic mass is 32.2. The van der Waals surface area contributed by atoms with Gasteiger partial charge in [0.25, 0.3) is 0 Å². The van der Waals surface area contributed by atoms with Crippen molar-refractivity contribution in [3.05, 3.63) is 29.8 Å². The third-order valence-electron chi connectivity index (χ3n) is 4.25. The summed E-state index contributed by atoms with van der Waals surface area (Å²) in [6.07, 6.45) is 7.14. The number of nitrogens with zero attached hydrogens (tertiary/aromatic N) is 4. The van der Waals surface area contributed by atoms with Crippen LogP contribution in [0.3, 0.4) is 0 Å². The van der Waals surface area contributed by atoms with Crippen LogP contribution in [-0.2, 0) is 16.4 Å². The minimum Gasteiger partial charge on any atom is -0.282 e. The highest BCUT2D eigenvalue weighted by Crippen LogP contribution is 2.26. The molecule has 0 aromatic carbocycles. The van der Waals surface area contributed by atoms with E-state index in [1.807, 2.05) is 13.0 Å². The average Bonchev–Trinajstić information content (AvgIpc) is 2.94. The van der Waals surface area contributed by atoms with Gasteiger partial charge >= 0.3 is 0 Å². The first-order valence-corrected chi connectivity index (χ1v) is 9.55. The van der Waals surface area contributed by atoms with Gasteiger partial charge in [-0.15, -0.1) is 0 Å². The lowest BCUT2D eigenvalue weighted by Crippen LogP contribution is -2.38. The Bertz CT molecular complexity index is 779. The van der Waals surface area contributed by atoms with Crippen molar-refractivity contribution in [2.75, 3.05) is 19.3 Å². The summed E-state index contributed by atoms with van der Waals surface area (Å²) in [5, 5.41) is 7.20. The van der Waals surface area contributed by atoms with E-state index < -0.39 is 10.0 Å². The summed E-state index contributed by atoms with van der Waals surface area (Å²) >= 11 is 0. The molecule has 0 radical (unpaired) electrons. The molecule has 0 bridgehead atoms. The summed E-state index contributed by atoms with van der Waals surface area (Å²) < 4.78 is 24.7. The van der Waals surface area contributed by atoms with Gasteiger partial charge in [0.1, 0.15) is 11.4 Å². The van der Waals surface area contributed by atoms with E-state index in [4.69, 9.17) is 0 Å². The Morgan fingerprint density at radius 1 is 1.26 bits per heavy atom. The zero-order chi connectivity index (χ0) is 16.4. The maximum Gasteiger partial charge on any atom is 0.211 e. The maximum absolute atomic E-state index is 11.6. The Morgan fingerprint density at radius 3 is 2.57 bits per heavy atom. The molecule has 23 heavy (non-hydrogen) atoms. The third-order valence-corrected chi connectivity index (χ3v) is 5.55. The molecule has 0 saturated carbocycles. The lowest BCUT2D eigenvalue weighted by atomic mass is 9.92. The van der Waals surface area contributed by atoms with E-state index in [1.54, 1.807) is 16.7 Å². The van der Waals surface area contributed by atoms with Crippen LogP contribution in [0.5, 0.6) is 0 Å². The molecule has 1 aliphatic rings. The van der Waals surface area contributed by atoms with E-state index in [0.29, 0.717) is 19.0 Å². The number of aromatic amines is 1. The molecule has 3 heterocycles. The second kappa shape index (κ2) is 6.37. The molecule has 2 aromatic heterocycles. The van der Waals surface area contributed by atoms with Crippen LogP contribution in [0.1, 0.15) is 24.2 Å². The van der Waals surface area contributed by atoms with Crippen molar-refractivity contribution < 1.29 is 8.42 Å². The lowest BCUT2D eigenvalue weighted by molar-refractivity contribution is 0.273. The van der Waals surface area contributed by atoms with Crippen molar-refractivity contribution in [3.8, 4) is 11.4 Å². The molecule has 1 fully saturated rings. The number of rotatable bonds is 4. The molecule has 0 aliphatic carbocycles. The molecule has 1 N–H and O–H groups in total. The monoisotopic (exact) mass is 335 g/mol. The highest BCUT2D eigenvalue weighted by molar-refractivity contribution is 7.88. The molecule has 0 atom stereocenters. The summed E-state index contributed by atoms with van der Waals surface area (Å²) in [6, 6.07) is 1.96. The Kier molecular flexibility index (Phi) is 4.45. The molecule has 0 unspecified atom stereocenters. The van der Waals surface area contributed by atoms with Crippen molar-refractivity contribution in [1.82, 2.24) is 24.5 Å². The Morgan fingerprint density at radius 2 is 1.96 bits per heavy atom. The fourth-order valence-corrected chi connectivity index (χ4v) is 3.86. The van der Waals surface area contributed by atoms with Gasteiger partial charge in [-0.2, -0.15) is 5.10 Å². The van der Waals surface area contributed by atoms with Crippen molar-refractivity contribution in [2.24, 2.45) is 5.92 Å². The van der Waals surface area contributed by atoms with E-state index in [9.17, 15) is 8.42 Å². The standard InChI is InChI=1S/C15H21N5O2S/c1-11-9-14(19-18-11)15-13(16-5-6-17-15)10-12-3-7-20(8-4-12)23(2,21)22/h5-6,9,12H,3-4,7-8,10H2,1-2H3,(H,18,19). The molecule has 2 aromatic rings. The highest BCUT2D eigenvalue weighted by Gasteiger charge is 2.26. The molecule has 8 heteroatoms. The predicted octanol–water partition coefficient (Wildman–Crippen LogP) is 1.39. The second-order valence-electron chi connectivity index (χ2n) is 6.10. The normalized spacial score (nSPS) is 17.5. The van der Waals surface area contributed by atoms with Gasteiger partial charge in [-0.3, -0.25) is 15.1 Å². The van der Waals surface area contributed by atoms with Crippen LogP contribution >= 0.6 is 0 Å². The molecule has 3 rings (SSSR count). The Balaban J connectivity index is 1.72. The predicted molar refractivity (Wildman–Crippen MR) is 87.2 cm³/mol. The van der Waals surface area contributed by atoms with Gasteiger partial charge in [-0.25, -0.2) is 12.7 Å². The van der Waals surface area contributed by atoms with Gasteiger partial charge in [0.05, 0.1) is 11.9 Å². The number of hydrogen-bond donors (Lipinski definition) is 1. The first-order chi connectivity index (χ1) is 10.9. The fourth-order valence-electron chi connectivity index (χ4n) is 2.99. The van der Waals surface area contributed by atoms with E-state index in [2.05, 4.69) is 20.2 Å². The zero-order valence-corrected chi connectivity index (χ0v) is 14.2. The summed E-state index contributed by atoms with van der Waals surface area (Å²) in [7, 11) is -3.08. The van der Waals surface area contributed by atoms with E-state index in [0.717, 1.165) is 42.0 Å². The van der Waals surface area contributed by atoms with Crippen LogP contribution in [0.4, 0.5) is 0 Å². The van der Waals surface area contributed by atoms with Crippen LogP contribution in [0, 0.1) is 12.8 Å². The summed E-state index contributed by atoms with van der Waals surface area (Å²) in [5.74, 6) is 0.420. The van der Waals surface area contributed by atoms with Crippen LogP contribution in [0.15, 0.2) is 18.5 Å². The summed E-state index contributed by atoms with van der Waals surface area (Å²) in [5.41, 5.74) is 3.52. The van der Waals surface area contributed by atoms with Gasteiger partial charge in [0.2, 0.25) is 10.0 Å². The molecule has 0 amide bonds. The van der Waals surface area contributed by atoms with Gasteiger partial charge in [-0.05, 0) is 38.2 Å². The second-order valence-corrected chi connectivity index (χ2v) is 8.08. The topological polar surface area (TPSA) is 91.8 Å². The van der Waals surface area contributed by atoms with E-state index in [-0.39, 0.29) is 0 Å². The Labute approximate surface area is 136 Å². The summed E-state index contributed by atoms with van der Waals surface area (Å²) in [4.78, 5) is 8.91. The van der Waals surface area contributed by atoms with Gasteiger partial charge in [0.15, 0.2) is 0 Å². The molecule has 7 nitrogen and oxygen atoms in total. The van der Waals surface area contributed by atoms with E-state index >= 15 is 0 Å². The molecular weight excluding hydrogens is 314 g/mol. The lowest BCUT2D eigenvalue weighted by Gasteiger charge is -2.30. The maximum atomic E-state index is 11.6. The van der Waals surface area contributed by atoms with Crippen LogP contribution in [-0.4, -0.2) is 52.2 Å². The fraction of sp³-hybridized carbons (Fsp3) is 0.533. The van der Waals surface area contributed by atoms with Crippen molar-refractivity contribution >= 4 is 10.0 Å². The van der Waals surface area contributed by atoms with Crippen LogP contribution < -0.4 is 0 Å². The SMILES string of the molecule is Cc1cc(-c2nccnc2CC2CCN(S(C)(=O)=O)CC2)n[nH]1. The third kappa shape index (κ3) is 3.76. The van der Waals surface area contributed by atoms with Crippen molar-refractivity contribution in [2.45, 2.75) is 26.2 Å². The molecule has 1 saturated heterocycles. The number of sulfonamides is 1. The zero-order valence-electron chi connectivity index (χ0n) is 13.4.